The number of hydrogen-bond acceptors (Lipinski definition) is 4. The van der Waals surface area contributed by atoms with Crippen molar-refractivity contribution < 1.29 is 23.7 Å². The molecule has 1 aromatic carbocycles. The van der Waals surface area contributed by atoms with Crippen molar-refractivity contribution in [2.45, 2.75) is 18.6 Å². The summed E-state index contributed by atoms with van der Waals surface area (Å²) in [6.45, 7) is 1.35. The predicted octanol–water partition coefficient (Wildman–Crippen LogP) is 1.67. The van der Waals surface area contributed by atoms with Crippen molar-refractivity contribution in [1.82, 2.24) is 0 Å². The summed E-state index contributed by atoms with van der Waals surface area (Å²) >= 11 is 0. The summed E-state index contributed by atoms with van der Waals surface area (Å²) in [5, 5.41) is 9.94. The molecule has 1 heterocycles. The Balaban J connectivity index is 1.94. The third kappa shape index (κ3) is 3.19. The summed E-state index contributed by atoms with van der Waals surface area (Å²) in [5.74, 6) is 0.0241. The van der Waals surface area contributed by atoms with Crippen molar-refractivity contribution >= 4 is 0 Å². The molecule has 0 fully saturated rings. The van der Waals surface area contributed by atoms with E-state index in [1.807, 2.05) is 0 Å². The zero-order valence-corrected chi connectivity index (χ0v) is 10.3. The number of halogens is 1. The molecule has 18 heavy (non-hydrogen) atoms. The summed E-state index contributed by atoms with van der Waals surface area (Å²) in [5.41, 5.74) is 0.629. The minimum Gasteiger partial charge on any atom is -0.487 e. The van der Waals surface area contributed by atoms with E-state index in [2.05, 4.69) is 0 Å². The monoisotopic (exact) mass is 256 g/mol. The third-order valence-electron chi connectivity index (χ3n) is 2.85. The van der Waals surface area contributed by atoms with Gasteiger partial charge < -0.3 is 19.3 Å². The SMILES string of the molecule is COCCOCC1C[C@@H](O)c2ccc(F)cc2O1. The van der Waals surface area contributed by atoms with Gasteiger partial charge in [-0.25, -0.2) is 4.39 Å². The number of aliphatic hydroxyl groups is 1. The molecule has 0 saturated heterocycles. The van der Waals surface area contributed by atoms with Gasteiger partial charge in [-0.2, -0.15) is 0 Å². The van der Waals surface area contributed by atoms with Crippen molar-refractivity contribution in [2.24, 2.45) is 0 Å². The Kier molecular flexibility index (Phi) is 4.52. The van der Waals surface area contributed by atoms with E-state index in [4.69, 9.17) is 14.2 Å². The van der Waals surface area contributed by atoms with E-state index in [1.54, 1.807) is 13.2 Å². The second-order valence-electron chi connectivity index (χ2n) is 4.24. The van der Waals surface area contributed by atoms with Gasteiger partial charge in [-0.05, 0) is 12.1 Å². The number of benzene rings is 1. The highest BCUT2D eigenvalue weighted by Crippen LogP contribution is 2.35. The van der Waals surface area contributed by atoms with E-state index >= 15 is 0 Å². The van der Waals surface area contributed by atoms with E-state index in [0.29, 0.717) is 37.6 Å². The molecule has 0 saturated carbocycles. The van der Waals surface area contributed by atoms with Gasteiger partial charge in [0.1, 0.15) is 17.7 Å². The van der Waals surface area contributed by atoms with Crippen LogP contribution in [0.25, 0.3) is 0 Å². The highest BCUT2D eigenvalue weighted by Gasteiger charge is 2.27. The van der Waals surface area contributed by atoms with Gasteiger partial charge in [-0.1, -0.05) is 0 Å². The molecule has 0 bridgehead atoms. The molecular weight excluding hydrogens is 239 g/mol. The molecule has 4 nitrogen and oxygen atoms in total. The lowest BCUT2D eigenvalue weighted by molar-refractivity contribution is -0.00962. The van der Waals surface area contributed by atoms with Gasteiger partial charge in [0.05, 0.1) is 25.9 Å². The fourth-order valence-electron chi connectivity index (χ4n) is 1.95. The molecular formula is C13H17FO4. The third-order valence-corrected chi connectivity index (χ3v) is 2.85. The lowest BCUT2D eigenvalue weighted by atomic mass is 9.99. The van der Waals surface area contributed by atoms with E-state index in [1.165, 1.54) is 12.1 Å². The molecule has 2 atom stereocenters. The molecule has 100 valence electrons. The van der Waals surface area contributed by atoms with Crippen LogP contribution >= 0.6 is 0 Å². The molecule has 0 amide bonds. The number of ether oxygens (including phenoxy) is 3. The average Bonchev–Trinajstić information content (AvgIpc) is 2.34. The standard InChI is InChI=1S/C13H17FO4/c1-16-4-5-17-8-10-7-12(15)11-3-2-9(14)6-13(11)18-10/h2-3,6,10,12,15H,4-5,7-8H2,1H3/t10?,12-/m1/s1. The first-order chi connectivity index (χ1) is 8.70. The van der Waals surface area contributed by atoms with E-state index in [0.717, 1.165) is 0 Å². The number of aliphatic hydroxyl groups excluding tert-OH is 1. The first kappa shape index (κ1) is 13.3. The van der Waals surface area contributed by atoms with E-state index < -0.39 is 6.10 Å². The van der Waals surface area contributed by atoms with Gasteiger partial charge in [-0.15, -0.1) is 0 Å². The van der Waals surface area contributed by atoms with Crippen LogP contribution < -0.4 is 4.74 Å². The molecule has 0 radical (unpaired) electrons. The zero-order chi connectivity index (χ0) is 13.0. The van der Waals surface area contributed by atoms with Crippen molar-refractivity contribution in [3.05, 3.63) is 29.6 Å². The van der Waals surface area contributed by atoms with E-state index in [9.17, 15) is 9.50 Å². The van der Waals surface area contributed by atoms with Gasteiger partial charge in [0.25, 0.3) is 0 Å². The van der Waals surface area contributed by atoms with Crippen LogP contribution in [-0.2, 0) is 9.47 Å². The Hall–Kier alpha value is -1.17. The van der Waals surface area contributed by atoms with Gasteiger partial charge in [0.15, 0.2) is 0 Å². The van der Waals surface area contributed by atoms with Gasteiger partial charge in [0.2, 0.25) is 0 Å². The fraction of sp³-hybridized carbons (Fsp3) is 0.538. The number of methoxy groups -OCH3 is 1. The number of hydrogen-bond donors (Lipinski definition) is 1. The quantitative estimate of drug-likeness (QED) is 0.814. The maximum atomic E-state index is 13.1. The van der Waals surface area contributed by atoms with Crippen LogP contribution in [0.4, 0.5) is 4.39 Å². The maximum Gasteiger partial charge on any atom is 0.128 e. The first-order valence-corrected chi connectivity index (χ1v) is 5.91. The Morgan fingerprint density at radius 2 is 2.28 bits per heavy atom. The fourth-order valence-corrected chi connectivity index (χ4v) is 1.95. The Morgan fingerprint density at radius 3 is 3.06 bits per heavy atom. The second kappa shape index (κ2) is 6.13. The number of fused-ring (bicyclic) bond motifs is 1. The molecule has 1 aromatic rings. The molecule has 2 rings (SSSR count). The molecule has 1 N–H and O–H groups in total. The van der Waals surface area contributed by atoms with Crippen molar-refractivity contribution in [3.8, 4) is 5.75 Å². The molecule has 1 aliphatic heterocycles. The average molecular weight is 256 g/mol. The lowest BCUT2D eigenvalue weighted by Crippen LogP contribution is -2.30. The van der Waals surface area contributed by atoms with Crippen LogP contribution in [0.5, 0.6) is 5.75 Å². The minimum atomic E-state index is -0.634. The van der Waals surface area contributed by atoms with Crippen molar-refractivity contribution in [2.75, 3.05) is 26.9 Å². The van der Waals surface area contributed by atoms with Gasteiger partial charge in [-0.3, -0.25) is 0 Å². The Morgan fingerprint density at radius 1 is 1.44 bits per heavy atom. The van der Waals surface area contributed by atoms with Crippen molar-refractivity contribution in [1.29, 1.82) is 0 Å². The summed E-state index contributed by atoms with van der Waals surface area (Å²) in [6, 6.07) is 4.16. The molecule has 1 unspecified atom stereocenters. The molecule has 0 aliphatic carbocycles. The molecule has 5 heteroatoms. The van der Waals surface area contributed by atoms with Crippen LogP contribution in [-0.4, -0.2) is 38.1 Å². The smallest absolute Gasteiger partial charge is 0.128 e. The molecule has 1 aliphatic rings. The summed E-state index contributed by atoms with van der Waals surface area (Å²) in [4.78, 5) is 0. The Bertz CT molecular complexity index is 397. The predicted molar refractivity (Wildman–Crippen MR) is 63.1 cm³/mol. The topological polar surface area (TPSA) is 47.9 Å². The van der Waals surface area contributed by atoms with Crippen LogP contribution in [0.15, 0.2) is 18.2 Å². The summed E-state index contributed by atoms with van der Waals surface area (Å²) in [7, 11) is 1.60. The van der Waals surface area contributed by atoms with Gasteiger partial charge in [0, 0.05) is 25.2 Å². The van der Waals surface area contributed by atoms with Crippen LogP contribution in [0.1, 0.15) is 18.1 Å². The summed E-state index contributed by atoms with van der Waals surface area (Å²) in [6.07, 6.45) is -0.442. The van der Waals surface area contributed by atoms with Crippen LogP contribution in [0.3, 0.4) is 0 Å². The van der Waals surface area contributed by atoms with E-state index in [-0.39, 0.29) is 11.9 Å². The van der Waals surface area contributed by atoms with Crippen molar-refractivity contribution in [3.63, 3.8) is 0 Å². The zero-order valence-electron chi connectivity index (χ0n) is 10.3. The van der Waals surface area contributed by atoms with Crippen LogP contribution in [0.2, 0.25) is 0 Å². The first-order valence-electron chi connectivity index (χ1n) is 5.91. The normalized spacial score (nSPS) is 22.4. The molecule has 0 spiro atoms. The number of rotatable bonds is 5. The molecule has 0 aromatic heterocycles. The maximum absolute atomic E-state index is 13.1. The van der Waals surface area contributed by atoms with Gasteiger partial charge >= 0.3 is 0 Å². The summed E-state index contributed by atoms with van der Waals surface area (Å²) < 4.78 is 28.9. The van der Waals surface area contributed by atoms with Crippen LogP contribution in [0, 0.1) is 5.82 Å². The highest BCUT2D eigenvalue weighted by atomic mass is 19.1. The Labute approximate surface area is 105 Å². The minimum absolute atomic E-state index is 0.258. The highest BCUT2D eigenvalue weighted by molar-refractivity contribution is 5.37. The second-order valence-corrected chi connectivity index (χ2v) is 4.24. The lowest BCUT2D eigenvalue weighted by Gasteiger charge is -2.29. The largest absolute Gasteiger partial charge is 0.487 e.